The number of amides is 1. The van der Waals surface area contributed by atoms with Gasteiger partial charge in [0, 0.05) is 24.4 Å². The van der Waals surface area contributed by atoms with E-state index >= 15 is 0 Å². The Bertz CT molecular complexity index is 944. The number of hydrogen-bond donors (Lipinski definition) is 1. The summed E-state index contributed by atoms with van der Waals surface area (Å²) in [5.41, 5.74) is 2.81. The van der Waals surface area contributed by atoms with Crippen molar-refractivity contribution in [1.82, 2.24) is 4.57 Å². The molecule has 1 amide bonds. The first-order valence-corrected chi connectivity index (χ1v) is 11.0. The zero-order valence-electron chi connectivity index (χ0n) is 16.2. The van der Waals surface area contributed by atoms with Gasteiger partial charge in [-0.15, -0.1) is 0 Å². The maximum atomic E-state index is 12.7. The fourth-order valence-electron chi connectivity index (χ4n) is 4.15. The van der Waals surface area contributed by atoms with Crippen molar-refractivity contribution in [3.63, 3.8) is 0 Å². The van der Waals surface area contributed by atoms with Gasteiger partial charge in [0.05, 0.1) is 24.0 Å². The predicted molar refractivity (Wildman–Crippen MR) is 110 cm³/mol. The number of rotatable bonds is 6. The van der Waals surface area contributed by atoms with Crippen molar-refractivity contribution in [1.29, 1.82) is 5.26 Å². The first-order valence-electron chi connectivity index (χ1n) is 10.0. The summed E-state index contributed by atoms with van der Waals surface area (Å²) in [6.07, 6.45) is 7.51. The molecule has 0 spiro atoms. The van der Waals surface area contributed by atoms with E-state index < -0.39 is 0 Å². The van der Waals surface area contributed by atoms with Gasteiger partial charge in [0.15, 0.2) is 6.20 Å². The second-order valence-electron chi connectivity index (χ2n) is 7.41. The zero-order valence-corrected chi connectivity index (χ0v) is 17.0. The molecule has 1 aliphatic carbocycles. The average molecular weight is 413 g/mol. The molecule has 1 saturated heterocycles. The van der Waals surface area contributed by atoms with Gasteiger partial charge >= 0.3 is 0 Å². The number of ether oxygens (including phenoxy) is 1. The summed E-state index contributed by atoms with van der Waals surface area (Å²) in [6, 6.07) is 7.42. The second-order valence-corrected chi connectivity index (χ2v) is 8.41. The average Bonchev–Trinajstić information content (AvgIpc) is 3.34. The fourth-order valence-corrected chi connectivity index (χ4v) is 4.86. The minimum absolute atomic E-state index is 0.104. The molecule has 2 aromatic heterocycles. The molecule has 2 aliphatic rings. The number of nitrogens with one attached hydrogen (secondary N) is 1. The maximum Gasteiger partial charge on any atom is 0.251 e. The van der Waals surface area contributed by atoms with Gasteiger partial charge in [-0.25, -0.2) is 0 Å². The van der Waals surface area contributed by atoms with E-state index in [-0.39, 0.29) is 17.8 Å². The summed E-state index contributed by atoms with van der Waals surface area (Å²) in [7, 11) is 0. The van der Waals surface area contributed by atoms with Crippen LogP contribution in [-0.2, 0) is 28.9 Å². The highest BCUT2D eigenvalue weighted by Crippen LogP contribution is 2.34. The Hall–Kier alpha value is -2.50. The number of nitriles is 1. The van der Waals surface area contributed by atoms with E-state index in [1.54, 1.807) is 18.2 Å². The zero-order chi connectivity index (χ0) is 20.2. The Morgan fingerprint density at radius 1 is 1.38 bits per heavy atom. The minimum Gasteiger partial charge on any atom is -0.618 e. The van der Waals surface area contributed by atoms with Gasteiger partial charge < -0.3 is 19.8 Å². The first kappa shape index (κ1) is 19.8. The molecule has 4 rings (SSSR count). The standard InChI is InChI=1S/C21H24N4O3S/c22-12-17-16-7-1-2-8-18(16)24(13-15-6-5-11-28-15)21(17)23-19(26)14-29-20-9-3-4-10-25(20)27/h3-4,9-10,15H,1-2,5-8,11,13-14H2,(H,23,26). The number of thioether (sulfide) groups is 1. The Balaban J connectivity index is 1.56. The van der Waals surface area contributed by atoms with Crippen LogP contribution >= 0.6 is 11.8 Å². The van der Waals surface area contributed by atoms with Crippen LogP contribution in [0.25, 0.3) is 0 Å². The molecule has 1 N–H and O–H groups in total. The largest absolute Gasteiger partial charge is 0.618 e. The Morgan fingerprint density at radius 3 is 3.00 bits per heavy atom. The molecule has 2 aromatic rings. The number of pyridine rings is 1. The third-order valence-corrected chi connectivity index (χ3v) is 6.51. The number of hydrogen-bond acceptors (Lipinski definition) is 5. The van der Waals surface area contributed by atoms with Gasteiger partial charge in [0.1, 0.15) is 11.9 Å². The second kappa shape index (κ2) is 8.89. The lowest BCUT2D eigenvalue weighted by molar-refractivity contribution is -0.645. The van der Waals surface area contributed by atoms with Crippen molar-refractivity contribution in [3.05, 3.63) is 46.4 Å². The van der Waals surface area contributed by atoms with Crippen LogP contribution < -0.4 is 10.0 Å². The topological polar surface area (TPSA) is 94.0 Å². The highest BCUT2D eigenvalue weighted by atomic mass is 32.2. The molecule has 0 radical (unpaired) electrons. The molecular weight excluding hydrogens is 388 g/mol. The summed E-state index contributed by atoms with van der Waals surface area (Å²) < 4.78 is 8.66. The van der Waals surface area contributed by atoms with Gasteiger partial charge in [-0.1, -0.05) is 0 Å². The Kier molecular flexibility index (Phi) is 6.07. The quantitative estimate of drug-likeness (QED) is 0.447. The number of fused-ring (bicyclic) bond motifs is 1. The molecule has 3 heterocycles. The van der Waals surface area contributed by atoms with E-state index in [2.05, 4.69) is 16.0 Å². The van der Waals surface area contributed by atoms with Crippen LogP contribution in [0.4, 0.5) is 5.82 Å². The first-order chi connectivity index (χ1) is 14.2. The lowest BCUT2D eigenvalue weighted by atomic mass is 9.95. The third kappa shape index (κ3) is 4.26. The molecule has 0 bridgehead atoms. The van der Waals surface area contributed by atoms with Gasteiger partial charge in [0.2, 0.25) is 5.91 Å². The number of carbonyl (C=O) groups excluding carboxylic acids is 1. The molecule has 1 fully saturated rings. The highest BCUT2D eigenvalue weighted by Gasteiger charge is 2.28. The molecule has 1 unspecified atom stereocenters. The minimum atomic E-state index is -0.223. The van der Waals surface area contributed by atoms with E-state index in [1.807, 2.05) is 0 Å². The van der Waals surface area contributed by atoms with E-state index in [4.69, 9.17) is 4.74 Å². The van der Waals surface area contributed by atoms with Crippen molar-refractivity contribution in [2.45, 2.75) is 56.2 Å². The van der Waals surface area contributed by atoms with Crippen molar-refractivity contribution in [3.8, 4) is 6.07 Å². The molecule has 7 nitrogen and oxygen atoms in total. The van der Waals surface area contributed by atoms with Crippen molar-refractivity contribution in [2.24, 2.45) is 0 Å². The third-order valence-electron chi connectivity index (χ3n) is 5.49. The van der Waals surface area contributed by atoms with Gasteiger partial charge in [-0.05, 0) is 61.9 Å². The molecule has 1 aliphatic heterocycles. The molecule has 8 heteroatoms. The van der Waals surface area contributed by atoms with E-state index in [9.17, 15) is 15.3 Å². The smallest absolute Gasteiger partial charge is 0.251 e. The normalized spacial score (nSPS) is 18.2. The van der Waals surface area contributed by atoms with Crippen LogP contribution in [0.3, 0.4) is 0 Å². The van der Waals surface area contributed by atoms with E-state index in [1.165, 1.54) is 18.0 Å². The number of nitrogens with zero attached hydrogens (tertiary/aromatic N) is 3. The van der Waals surface area contributed by atoms with Crippen molar-refractivity contribution < 1.29 is 14.3 Å². The number of aromatic nitrogens is 2. The summed E-state index contributed by atoms with van der Waals surface area (Å²) in [5.74, 6) is 0.467. The highest BCUT2D eigenvalue weighted by molar-refractivity contribution is 7.99. The van der Waals surface area contributed by atoms with Crippen LogP contribution in [0.5, 0.6) is 0 Å². The molecule has 1 atom stereocenters. The molecule has 152 valence electrons. The summed E-state index contributed by atoms with van der Waals surface area (Å²) in [6.45, 7) is 1.43. The number of anilines is 1. The molecule has 0 aromatic carbocycles. The van der Waals surface area contributed by atoms with Crippen molar-refractivity contribution >= 4 is 23.5 Å². The Labute approximate surface area is 174 Å². The van der Waals surface area contributed by atoms with E-state index in [0.29, 0.717) is 23.0 Å². The van der Waals surface area contributed by atoms with Crippen LogP contribution in [0.2, 0.25) is 0 Å². The monoisotopic (exact) mass is 412 g/mol. The summed E-state index contributed by atoms with van der Waals surface area (Å²) in [5, 5.41) is 25.0. The Morgan fingerprint density at radius 2 is 2.24 bits per heavy atom. The summed E-state index contributed by atoms with van der Waals surface area (Å²) in [4.78, 5) is 12.7. The van der Waals surface area contributed by atoms with Gasteiger partial charge in [-0.2, -0.15) is 9.99 Å². The van der Waals surface area contributed by atoms with Crippen LogP contribution in [0, 0.1) is 16.5 Å². The van der Waals surface area contributed by atoms with Gasteiger partial charge in [0.25, 0.3) is 5.03 Å². The molecular formula is C21H24N4O3S. The van der Waals surface area contributed by atoms with Crippen LogP contribution in [-0.4, -0.2) is 28.9 Å². The lowest BCUT2D eigenvalue weighted by Gasteiger charge is -2.19. The van der Waals surface area contributed by atoms with Crippen LogP contribution in [0.15, 0.2) is 29.4 Å². The lowest BCUT2D eigenvalue weighted by Crippen LogP contribution is -2.28. The predicted octanol–water partition coefficient (Wildman–Crippen LogP) is 2.78. The van der Waals surface area contributed by atoms with Crippen molar-refractivity contribution in [2.75, 3.05) is 17.7 Å². The SMILES string of the molecule is N#Cc1c2c(n(CC3CCCO3)c1NC(=O)CSc1cccc[n+]1[O-])CCCC2. The molecule has 0 saturated carbocycles. The van der Waals surface area contributed by atoms with E-state index in [0.717, 1.165) is 61.1 Å². The molecule has 29 heavy (non-hydrogen) atoms. The van der Waals surface area contributed by atoms with Crippen LogP contribution in [0.1, 0.15) is 42.5 Å². The number of carbonyl (C=O) groups is 1. The maximum absolute atomic E-state index is 12.7. The van der Waals surface area contributed by atoms with Gasteiger partial charge in [-0.3, -0.25) is 4.79 Å². The fraction of sp³-hybridized carbons (Fsp3) is 0.476. The summed E-state index contributed by atoms with van der Waals surface area (Å²) >= 11 is 1.18.